The fraction of sp³-hybridized carbons (Fsp3) is 0.250. The summed E-state index contributed by atoms with van der Waals surface area (Å²) in [6.45, 7) is 2.37. The highest BCUT2D eigenvalue weighted by atomic mass is 79.9. The first-order valence-corrected chi connectivity index (χ1v) is 10.2. The normalized spacial score (nSPS) is 10.0. The van der Waals surface area contributed by atoms with Crippen molar-refractivity contribution < 1.29 is 19.1 Å². The molecule has 0 saturated heterocycles. The molecular weight excluding hydrogens is 458 g/mol. The van der Waals surface area contributed by atoms with Crippen LogP contribution < -0.4 is 25.6 Å². The number of thiocarbonyl (C=S) groups is 1. The topological polar surface area (TPSA) is 88.7 Å². The molecule has 0 saturated carbocycles. The standard InChI is InChI=1S/C20H22BrN3O4S/c1-2-3-11-27-17-10-9-14(21)12-16(17)19(26)22-20(29)24-23-18(25)13-28-15-7-5-4-6-8-15/h4-10,12H,2-3,11,13H2,1H3,(H,23,25)(H2,22,24,26,29). The van der Waals surface area contributed by atoms with E-state index in [-0.39, 0.29) is 11.7 Å². The molecule has 0 aromatic heterocycles. The highest BCUT2D eigenvalue weighted by Crippen LogP contribution is 2.23. The van der Waals surface area contributed by atoms with E-state index in [1.807, 2.05) is 6.07 Å². The van der Waals surface area contributed by atoms with Crippen molar-refractivity contribution in [3.05, 3.63) is 58.6 Å². The number of unbranched alkanes of at least 4 members (excludes halogenated alkanes) is 1. The Morgan fingerprint density at radius 2 is 1.83 bits per heavy atom. The molecule has 9 heteroatoms. The van der Waals surface area contributed by atoms with Gasteiger partial charge in [0.05, 0.1) is 12.2 Å². The van der Waals surface area contributed by atoms with Gasteiger partial charge in [-0.3, -0.25) is 25.8 Å². The number of para-hydroxylation sites is 1. The number of rotatable bonds is 8. The van der Waals surface area contributed by atoms with Crippen LogP contribution in [0.3, 0.4) is 0 Å². The second-order valence-electron chi connectivity index (χ2n) is 5.90. The van der Waals surface area contributed by atoms with Gasteiger partial charge in [-0.1, -0.05) is 47.5 Å². The van der Waals surface area contributed by atoms with Gasteiger partial charge in [0.25, 0.3) is 11.8 Å². The van der Waals surface area contributed by atoms with Gasteiger partial charge in [-0.2, -0.15) is 0 Å². The van der Waals surface area contributed by atoms with Crippen LogP contribution in [0, 0.1) is 0 Å². The fourth-order valence-corrected chi connectivity index (χ4v) is 2.67. The molecule has 7 nitrogen and oxygen atoms in total. The molecule has 3 N–H and O–H groups in total. The highest BCUT2D eigenvalue weighted by Gasteiger charge is 2.15. The molecule has 2 aromatic rings. The largest absolute Gasteiger partial charge is 0.493 e. The highest BCUT2D eigenvalue weighted by molar-refractivity contribution is 9.10. The van der Waals surface area contributed by atoms with Crippen LogP contribution in [-0.4, -0.2) is 30.1 Å². The lowest BCUT2D eigenvalue weighted by atomic mass is 10.2. The zero-order valence-corrected chi connectivity index (χ0v) is 18.3. The Bertz CT molecular complexity index is 849. The van der Waals surface area contributed by atoms with E-state index in [9.17, 15) is 9.59 Å². The van der Waals surface area contributed by atoms with Crippen LogP contribution in [0.25, 0.3) is 0 Å². The van der Waals surface area contributed by atoms with E-state index in [2.05, 4.69) is 39.0 Å². The van der Waals surface area contributed by atoms with E-state index >= 15 is 0 Å². The summed E-state index contributed by atoms with van der Waals surface area (Å²) in [4.78, 5) is 24.4. The summed E-state index contributed by atoms with van der Waals surface area (Å²) in [7, 11) is 0. The molecular formula is C20H22BrN3O4S. The van der Waals surface area contributed by atoms with Crippen molar-refractivity contribution in [2.45, 2.75) is 19.8 Å². The summed E-state index contributed by atoms with van der Waals surface area (Å²) < 4.78 is 11.7. The number of hydrogen-bond donors (Lipinski definition) is 3. The molecule has 0 bridgehead atoms. The maximum atomic E-state index is 12.5. The zero-order chi connectivity index (χ0) is 21.1. The van der Waals surface area contributed by atoms with Crippen molar-refractivity contribution in [3.8, 4) is 11.5 Å². The maximum Gasteiger partial charge on any atom is 0.276 e. The number of benzene rings is 2. The number of carbonyl (C=O) groups is 2. The second kappa shape index (κ2) is 12.0. The van der Waals surface area contributed by atoms with Crippen molar-refractivity contribution >= 4 is 45.1 Å². The van der Waals surface area contributed by atoms with Gasteiger partial charge in [-0.25, -0.2) is 0 Å². The molecule has 2 rings (SSSR count). The Labute approximate surface area is 183 Å². The van der Waals surface area contributed by atoms with Gasteiger partial charge in [0, 0.05) is 4.47 Å². The van der Waals surface area contributed by atoms with E-state index in [1.54, 1.807) is 42.5 Å². The Balaban J connectivity index is 1.83. The Morgan fingerprint density at radius 3 is 2.55 bits per heavy atom. The monoisotopic (exact) mass is 479 g/mol. The average Bonchev–Trinajstić information content (AvgIpc) is 2.72. The summed E-state index contributed by atoms with van der Waals surface area (Å²) in [5.74, 6) is 0.132. The first kappa shape index (κ1) is 22.6. The van der Waals surface area contributed by atoms with Crippen LogP contribution >= 0.6 is 28.1 Å². The number of hydrazine groups is 1. The number of ether oxygens (including phenoxy) is 2. The van der Waals surface area contributed by atoms with Gasteiger partial charge in [0.2, 0.25) is 0 Å². The van der Waals surface area contributed by atoms with E-state index in [0.29, 0.717) is 23.7 Å². The first-order valence-electron chi connectivity index (χ1n) is 9.00. The minimum absolute atomic E-state index is 0.0532. The second-order valence-corrected chi connectivity index (χ2v) is 7.22. The number of carbonyl (C=O) groups excluding carboxylic acids is 2. The number of halogens is 1. The molecule has 2 aromatic carbocycles. The van der Waals surface area contributed by atoms with Crippen molar-refractivity contribution in [2.75, 3.05) is 13.2 Å². The summed E-state index contributed by atoms with van der Waals surface area (Å²) in [5, 5.41) is 2.46. The molecule has 0 spiro atoms. The van der Waals surface area contributed by atoms with Crippen molar-refractivity contribution in [2.24, 2.45) is 0 Å². The number of nitrogens with one attached hydrogen (secondary N) is 3. The summed E-state index contributed by atoms with van der Waals surface area (Å²) in [5.41, 5.74) is 5.17. The van der Waals surface area contributed by atoms with E-state index < -0.39 is 11.8 Å². The molecule has 0 aliphatic carbocycles. The van der Waals surface area contributed by atoms with Crippen LogP contribution in [0.1, 0.15) is 30.1 Å². The third kappa shape index (κ3) is 8.08. The predicted molar refractivity (Wildman–Crippen MR) is 118 cm³/mol. The van der Waals surface area contributed by atoms with Gasteiger partial charge < -0.3 is 9.47 Å². The lowest BCUT2D eigenvalue weighted by Crippen LogP contribution is -2.49. The third-order valence-electron chi connectivity index (χ3n) is 3.60. The smallest absolute Gasteiger partial charge is 0.276 e. The first-order chi connectivity index (χ1) is 14.0. The molecule has 29 heavy (non-hydrogen) atoms. The lowest BCUT2D eigenvalue weighted by Gasteiger charge is -2.14. The summed E-state index contributed by atoms with van der Waals surface area (Å²) >= 11 is 8.40. The van der Waals surface area contributed by atoms with Gasteiger partial charge in [-0.15, -0.1) is 0 Å². The quantitative estimate of drug-likeness (QED) is 0.305. The SMILES string of the molecule is CCCCOc1ccc(Br)cc1C(=O)NC(=S)NNC(=O)COc1ccccc1. The number of amides is 2. The van der Waals surface area contributed by atoms with E-state index in [1.165, 1.54) is 0 Å². The third-order valence-corrected chi connectivity index (χ3v) is 4.29. The van der Waals surface area contributed by atoms with Gasteiger partial charge in [0.1, 0.15) is 11.5 Å². The van der Waals surface area contributed by atoms with Crippen LogP contribution in [0.4, 0.5) is 0 Å². The van der Waals surface area contributed by atoms with E-state index in [4.69, 9.17) is 21.7 Å². The average molecular weight is 480 g/mol. The van der Waals surface area contributed by atoms with Crippen LogP contribution in [0.15, 0.2) is 53.0 Å². The minimum Gasteiger partial charge on any atom is -0.493 e. The molecule has 0 fully saturated rings. The molecule has 2 amide bonds. The van der Waals surface area contributed by atoms with Crippen LogP contribution in [-0.2, 0) is 4.79 Å². The predicted octanol–water partition coefficient (Wildman–Crippen LogP) is 3.34. The van der Waals surface area contributed by atoms with E-state index in [0.717, 1.165) is 17.3 Å². The molecule has 0 heterocycles. The molecule has 0 aliphatic rings. The Kier molecular flexibility index (Phi) is 9.39. The zero-order valence-electron chi connectivity index (χ0n) is 15.9. The van der Waals surface area contributed by atoms with Crippen molar-refractivity contribution in [3.63, 3.8) is 0 Å². The fourth-order valence-electron chi connectivity index (χ4n) is 2.16. The Hall–Kier alpha value is -2.65. The van der Waals surface area contributed by atoms with Crippen LogP contribution in [0.2, 0.25) is 0 Å². The van der Waals surface area contributed by atoms with Crippen molar-refractivity contribution in [1.82, 2.24) is 16.2 Å². The summed E-state index contributed by atoms with van der Waals surface area (Å²) in [6.07, 6.45) is 1.87. The minimum atomic E-state index is -0.454. The number of hydrogen-bond acceptors (Lipinski definition) is 5. The van der Waals surface area contributed by atoms with Crippen molar-refractivity contribution in [1.29, 1.82) is 0 Å². The Morgan fingerprint density at radius 1 is 1.07 bits per heavy atom. The van der Waals surface area contributed by atoms with Gasteiger partial charge in [-0.05, 0) is 49.0 Å². The maximum absolute atomic E-state index is 12.5. The molecule has 0 aliphatic heterocycles. The molecule has 0 radical (unpaired) electrons. The molecule has 0 atom stereocenters. The lowest BCUT2D eigenvalue weighted by molar-refractivity contribution is -0.123. The van der Waals surface area contributed by atoms with Gasteiger partial charge >= 0.3 is 0 Å². The summed E-state index contributed by atoms with van der Waals surface area (Å²) in [6, 6.07) is 14.1. The molecule has 154 valence electrons. The molecule has 0 unspecified atom stereocenters. The van der Waals surface area contributed by atoms with Crippen LogP contribution in [0.5, 0.6) is 11.5 Å². The van der Waals surface area contributed by atoms with Gasteiger partial charge in [0.15, 0.2) is 11.7 Å².